The summed E-state index contributed by atoms with van der Waals surface area (Å²) in [5.74, 6) is 0. The van der Waals surface area contributed by atoms with Gasteiger partial charge in [0.1, 0.15) is 15.4 Å². The molecule has 0 saturated carbocycles. The molecule has 17 heavy (non-hydrogen) atoms. The Kier molecular flexibility index (Phi) is 3.92. The van der Waals surface area contributed by atoms with Crippen LogP contribution in [0.4, 0.5) is 0 Å². The summed E-state index contributed by atoms with van der Waals surface area (Å²) in [6.07, 6.45) is 1.79. The fourth-order valence-corrected chi connectivity index (χ4v) is 2.83. The molecule has 0 aliphatic carbocycles. The molecule has 0 aliphatic heterocycles. The first kappa shape index (κ1) is 12.7. The molecule has 0 fully saturated rings. The maximum Gasteiger partial charge on any atom is 2.00 e. The third-order valence-corrected chi connectivity index (χ3v) is 3.70. The molecule has 2 nitrogen and oxygen atoms in total. The number of fused-ring (bicyclic) bond motifs is 1. The van der Waals surface area contributed by atoms with E-state index in [4.69, 9.17) is 0 Å². The molecule has 0 saturated heterocycles. The molecule has 1 aromatic carbocycles. The summed E-state index contributed by atoms with van der Waals surface area (Å²) in [5.41, 5.74) is 2.01. The molecule has 3 rings (SSSR count). The standard InChI is InChI=1S/C12H8N2S2.Zn/c15-10-6-2-1-4-8(10)11-14-9-5-3-7-13-12(9)16-11;/h1-7,15H;/q;+2. The summed E-state index contributed by atoms with van der Waals surface area (Å²) in [6, 6.07) is 11.8. The van der Waals surface area contributed by atoms with Gasteiger partial charge >= 0.3 is 19.5 Å². The fraction of sp³-hybridized carbons (Fsp3) is 0. The molecule has 0 amide bonds. The number of rotatable bonds is 1. The number of thiazole rings is 1. The Morgan fingerprint density at radius 1 is 1.06 bits per heavy atom. The smallest absolute Gasteiger partial charge is 0.244 e. The van der Waals surface area contributed by atoms with Gasteiger partial charge in [-0.05, 0) is 18.2 Å². The van der Waals surface area contributed by atoms with Crippen molar-refractivity contribution in [3.63, 3.8) is 0 Å². The molecule has 78 valence electrons. The first-order valence-corrected chi connectivity index (χ1v) is 6.11. The maximum absolute atomic E-state index is 4.55. The van der Waals surface area contributed by atoms with Gasteiger partial charge in [0.25, 0.3) is 0 Å². The minimum absolute atomic E-state index is 0. The van der Waals surface area contributed by atoms with Crippen molar-refractivity contribution in [2.24, 2.45) is 0 Å². The molecule has 2 heterocycles. The SMILES string of the molecule is Sc1ccccc1-c1nc2cccnc2s1.[Zn+2]. The van der Waals surface area contributed by atoms with E-state index in [9.17, 15) is 0 Å². The van der Waals surface area contributed by atoms with Gasteiger partial charge in [0.15, 0.2) is 0 Å². The summed E-state index contributed by atoms with van der Waals surface area (Å²) in [7, 11) is 0. The van der Waals surface area contributed by atoms with Crippen molar-refractivity contribution < 1.29 is 19.5 Å². The Bertz CT molecular complexity index is 619. The molecule has 3 aromatic rings. The Morgan fingerprint density at radius 3 is 2.65 bits per heavy atom. The second-order valence-electron chi connectivity index (χ2n) is 3.36. The number of aromatic nitrogens is 2. The van der Waals surface area contributed by atoms with Crippen LogP contribution < -0.4 is 0 Å². The van der Waals surface area contributed by atoms with E-state index in [1.165, 1.54) is 0 Å². The van der Waals surface area contributed by atoms with Gasteiger partial charge in [-0.25, -0.2) is 9.97 Å². The average Bonchev–Trinajstić information content (AvgIpc) is 2.73. The Labute approximate surface area is 121 Å². The van der Waals surface area contributed by atoms with Gasteiger partial charge in [0.2, 0.25) is 0 Å². The van der Waals surface area contributed by atoms with Crippen LogP contribution in [-0.4, -0.2) is 9.97 Å². The summed E-state index contributed by atoms with van der Waals surface area (Å²) in [4.78, 5) is 10.8. The van der Waals surface area contributed by atoms with E-state index in [0.717, 1.165) is 25.8 Å². The van der Waals surface area contributed by atoms with Gasteiger partial charge < -0.3 is 0 Å². The Morgan fingerprint density at radius 2 is 1.88 bits per heavy atom. The van der Waals surface area contributed by atoms with Crippen LogP contribution in [0.25, 0.3) is 20.9 Å². The molecule has 0 radical (unpaired) electrons. The van der Waals surface area contributed by atoms with Crippen molar-refractivity contribution in [1.82, 2.24) is 9.97 Å². The normalized spacial score (nSPS) is 10.2. The van der Waals surface area contributed by atoms with Gasteiger partial charge in [0, 0.05) is 16.7 Å². The third-order valence-electron chi connectivity index (χ3n) is 2.30. The van der Waals surface area contributed by atoms with Gasteiger partial charge in [-0.3, -0.25) is 0 Å². The maximum atomic E-state index is 4.55. The predicted molar refractivity (Wildman–Crippen MR) is 70.1 cm³/mol. The number of pyridine rings is 1. The van der Waals surface area contributed by atoms with E-state index >= 15 is 0 Å². The first-order valence-electron chi connectivity index (χ1n) is 4.84. The van der Waals surface area contributed by atoms with Crippen molar-refractivity contribution in [3.8, 4) is 10.6 Å². The van der Waals surface area contributed by atoms with Crippen LogP contribution in [0.3, 0.4) is 0 Å². The first-order chi connectivity index (χ1) is 7.84. The van der Waals surface area contributed by atoms with E-state index in [1.54, 1.807) is 17.5 Å². The van der Waals surface area contributed by atoms with Gasteiger partial charge in [0.05, 0.1) is 0 Å². The summed E-state index contributed by atoms with van der Waals surface area (Å²) >= 11 is 6.03. The average molecular weight is 310 g/mol. The molecule has 0 spiro atoms. The van der Waals surface area contributed by atoms with Crippen molar-refractivity contribution in [1.29, 1.82) is 0 Å². The predicted octanol–water partition coefficient (Wildman–Crippen LogP) is 3.64. The Hall–Kier alpha value is -0.767. The molecule has 0 unspecified atom stereocenters. The molecule has 0 atom stereocenters. The minimum atomic E-state index is 0. The third kappa shape index (κ3) is 2.42. The number of hydrogen-bond acceptors (Lipinski definition) is 4. The molecule has 0 bridgehead atoms. The topological polar surface area (TPSA) is 25.8 Å². The van der Waals surface area contributed by atoms with E-state index in [-0.39, 0.29) is 19.5 Å². The van der Waals surface area contributed by atoms with Crippen LogP contribution >= 0.6 is 24.0 Å². The van der Waals surface area contributed by atoms with Crippen molar-refractivity contribution in [2.45, 2.75) is 4.90 Å². The monoisotopic (exact) mass is 308 g/mol. The fourth-order valence-electron chi connectivity index (χ4n) is 1.54. The van der Waals surface area contributed by atoms with E-state index in [2.05, 4.69) is 22.6 Å². The molecule has 2 aromatic heterocycles. The molecular formula is C12H8N2S2Zn+2. The van der Waals surface area contributed by atoms with E-state index < -0.39 is 0 Å². The second kappa shape index (κ2) is 5.26. The van der Waals surface area contributed by atoms with Gasteiger partial charge in [-0.15, -0.1) is 12.6 Å². The van der Waals surface area contributed by atoms with Crippen LogP contribution in [0.1, 0.15) is 0 Å². The molecular weight excluding hydrogens is 302 g/mol. The molecule has 0 aliphatic rings. The summed E-state index contributed by atoms with van der Waals surface area (Å²) < 4.78 is 0. The van der Waals surface area contributed by atoms with E-state index in [0.29, 0.717) is 0 Å². The number of benzene rings is 1. The van der Waals surface area contributed by atoms with Crippen LogP contribution in [-0.2, 0) is 19.5 Å². The quantitative estimate of drug-likeness (QED) is 0.548. The zero-order valence-electron chi connectivity index (χ0n) is 9.00. The van der Waals surface area contributed by atoms with E-state index in [1.807, 2.05) is 36.4 Å². The summed E-state index contributed by atoms with van der Waals surface area (Å²) in [5, 5.41) is 0.972. The van der Waals surface area contributed by atoms with Crippen molar-refractivity contribution >= 4 is 34.3 Å². The Balaban J connectivity index is 0.00000108. The number of hydrogen-bond donors (Lipinski definition) is 1. The zero-order chi connectivity index (χ0) is 11.0. The van der Waals surface area contributed by atoms with Crippen LogP contribution in [0.5, 0.6) is 0 Å². The van der Waals surface area contributed by atoms with Crippen LogP contribution in [0, 0.1) is 0 Å². The zero-order valence-corrected chi connectivity index (χ0v) is 13.7. The second-order valence-corrected chi connectivity index (χ2v) is 4.82. The van der Waals surface area contributed by atoms with Crippen molar-refractivity contribution in [3.05, 3.63) is 42.6 Å². The number of thiol groups is 1. The van der Waals surface area contributed by atoms with Crippen LogP contribution in [0.15, 0.2) is 47.5 Å². The minimum Gasteiger partial charge on any atom is -0.244 e. The van der Waals surface area contributed by atoms with Crippen LogP contribution in [0.2, 0.25) is 0 Å². The largest absolute Gasteiger partial charge is 2.00 e. The molecule has 0 N–H and O–H groups in total. The molecule has 5 heteroatoms. The van der Waals surface area contributed by atoms with Gasteiger partial charge in [-0.2, -0.15) is 0 Å². The summed E-state index contributed by atoms with van der Waals surface area (Å²) in [6.45, 7) is 0. The van der Waals surface area contributed by atoms with Gasteiger partial charge in [-0.1, -0.05) is 29.5 Å². The number of nitrogens with zero attached hydrogens (tertiary/aromatic N) is 2. The van der Waals surface area contributed by atoms with Crippen molar-refractivity contribution in [2.75, 3.05) is 0 Å².